The van der Waals surface area contributed by atoms with Crippen LogP contribution in [0.4, 0.5) is 11.5 Å². The molecular weight excluding hydrogens is 270 g/mol. The number of rotatable bonds is 6. The van der Waals surface area contributed by atoms with Crippen molar-refractivity contribution in [1.82, 2.24) is 4.98 Å². The van der Waals surface area contributed by atoms with E-state index >= 15 is 0 Å². The minimum Gasteiger partial charge on any atom is -0.496 e. The number of pyridine rings is 1. The number of carbonyl (C=O) groups is 1. The van der Waals surface area contributed by atoms with Crippen molar-refractivity contribution in [3.05, 3.63) is 47.7 Å². The number of anilines is 2. The summed E-state index contributed by atoms with van der Waals surface area (Å²) in [4.78, 5) is 15.1. The average Bonchev–Trinajstić information content (AvgIpc) is 2.49. The molecule has 0 aliphatic heterocycles. The van der Waals surface area contributed by atoms with Crippen LogP contribution in [0.5, 0.6) is 5.75 Å². The molecule has 110 valence electrons. The number of nitrogens with one attached hydrogen (secondary N) is 1. The van der Waals surface area contributed by atoms with Crippen LogP contribution in [0.2, 0.25) is 0 Å². The van der Waals surface area contributed by atoms with Gasteiger partial charge in [-0.25, -0.2) is 9.78 Å². The number of carboxylic acid groups (broad SMARTS) is 1. The lowest BCUT2D eigenvalue weighted by atomic mass is 10.1. The quantitative estimate of drug-likeness (QED) is 0.752. The van der Waals surface area contributed by atoms with E-state index in [0.717, 1.165) is 17.7 Å². The molecule has 0 aliphatic rings. The van der Waals surface area contributed by atoms with Gasteiger partial charge in [0.05, 0.1) is 24.6 Å². The summed E-state index contributed by atoms with van der Waals surface area (Å²) < 4.78 is 5.28. The molecule has 4 N–H and O–H groups in total. The van der Waals surface area contributed by atoms with Crippen molar-refractivity contribution < 1.29 is 14.6 Å². The van der Waals surface area contributed by atoms with E-state index in [1.54, 1.807) is 7.11 Å². The third-order valence-electron chi connectivity index (χ3n) is 3.06. The number of aromatic carboxylic acids is 1. The van der Waals surface area contributed by atoms with Gasteiger partial charge in [0.15, 0.2) is 0 Å². The van der Waals surface area contributed by atoms with Crippen molar-refractivity contribution in [2.45, 2.75) is 6.42 Å². The van der Waals surface area contributed by atoms with Gasteiger partial charge in [0.2, 0.25) is 0 Å². The van der Waals surface area contributed by atoms with Crippen LogP contribution in [0.25, 0.3) is 0 Å². The van der Waals surface area contributed by atoms with Crippen molar-refractivity contribution in [1.29, 1.82) is 0 Å². The summed E-state index contributed by atoms with van der Waals surface area (Å²) in [6.45, 7) is 0.607. The summed E-state index contributed by atoms with van der Waals surface area (Å²) in [5.41, 5.74) is 6.83. The lowest BCUT2D eigenvalue weighted by Gasteiger charge is -2.10. The minimum atomic E-state index is -1.07. The molecule has 0 atom stereocenters. The largest absolute Gasteiger partial charge is 0.496 e. The van der Waals surface area contributed by atoms with Crippen LogP contribution in [0.15, 0.2) is 36.5 Å². The number of hydrogen-bond donors (Lipinski definition) is 3. The number of methoxy groups -OCH3 is 1. The molecule has 0 fully saturated rings. The maximum atomic E-state index is 11.0. The standard InChI is InChI=1S/C15H17N3O3/c1-21-13-5-3-2-4-10(13)6-7-17-14-8-11(15(19)20)12(16)9-18-14/h2-5,8-9H,6-7,16H2,1H3,(H,17,18)(H,19,20). The highest BCUT2D eigenvalue weighted by Crippen LogP contribution is 2.18. The van der Waals surface area contributed by atoms with E-state index < -0.39 is 5.97 Å². The third-order valence-corrected chi connectivity index (χ3v) is 3.06. The van der Waals surface area contributed by atoms with Crippen LogP contribution in [0.3, 0.4) is 0 Å². The molecule has 6 heteroatoms. The Balaban J connectivity index is 2.00. The number of nitrogens with two attached hydrogens (primary N) is 1. The molecule has 0 bridgehead atoms. The SMILES string of the molecule is COc1ccccc1CCNc1cc(C(=O)O)c(N)cn1. The predicted octanol–water partition coefficient (Wildman–Crippen LogP) is 2.03. The van der Waals surface area contributed by atoms with E-state index in [4.69, 9.17) is 15.6 Å². The summed E-state index contributed by atoms with van der Waals surface area (Å²) in [6, 6.07) is 9.18. The van der Waals surface area contributed by atoms with Crippen molar-refractivity contribution in [2.75, 3.05) is 24.7 Å². The number of carboxylic acids is 1. The minimum absolute atomic E-state index is 0.0461. The number of para-hydroxylation sites is 1. The van der Waals surface area contributed by atoms with Crippen LogP contribution in [0, 0.1) is 0 Å². The van der Waals surface area contributed by atoms with Gasteiger partial charge >= 0.3 is 5.97 Å². The molecule has 2 rings (SSSR count). The highest BCUT2D eigenvalue weighted by atomic mass is 16.5. The summed E-state index contributed by atoms with van der Waals surface area (Å²) in [7, 11) is 1.63. The van der Waals surface area contributed by atoms with E-state index in [1.165, 1.54) is 12.3 Å². The fraction of sp³-hybridized carbons (Fsp3) is 0.200. The lowest BCUT2D eigenvalue weighted by Crippen LogP contribution is -2.10. The Labute approximate surface area is 122 Å². The normalized spacial score (nSPS) is 10.1. The molecule has 21 heavy (non-hydrogen) atoms. The van der Waals surface area contributed by atoms with E-state index in [0.29, 0.717) is 12.4 Å². The van der Waals surface area contributed by atoms with E-state index in [2.05, 4.69) is 10.3 Å². The molecule has 1 heterocycles. The zero-order chi connectivity index (χ0) is 15.2. The first kappa shape index (κ1) is 14.6. The molecule has 0 unspecified atom stereocenters. The van der Waals surface area contributed by atoms with Crippen LogP contribution in [-0.4, -0.2) is 29.7 Å². The summed E-state index contributed by atoms with van der Waals surface area (Å²) in [6.07, 6.45) is 2.08. The maximum absolute atomic E-state index is 11.0. The Morgan fingerprint density at radius 1 is 1.43 bits per heavy atom. The van der Waals surface area contributed by atoms with E-state index in [1.807, 2.05) is 24.3 Å². The van der Waals surface area contributed by atoms with Gasteiger partial charge in [0.1, 0.15) is 11.6 Å². The van der Waals surface area contributed by atoms with Gasteiger partial charge in [0.25, 0.3) is 0 Å². The average molecular weight is 287 g/mol. The Kier molecular flexibility index (Phi) is 4.61. The van der Waals surface area contributed by atoms with Crippen molar-refractivity contribution in [2.24, 2.45) is 0 Å². The van der Waals surface area contributed by atoms with Gasteiger partial charge < -0.3 is 20.9 Å². The molecule has 1 aromatic heterocycles. The molecular formula is C15H17N3O3. The summed E-state index contributed by atoms with van der Waals surface area (Å²) in [5.74, 6) is 0.245. The second-order valence-electron chi connectivity index (χ2n) is 4.45. The molecule has 6 nitrogen and oxygen atoms in total. The smallest absolute Gasteiger partial charge is 0.337 e. The summed E-state index contributed by atoms with van der Waals surface area (Å²) in [5, 5.41) is 12.1. The van der Waals surface area contributed by atoms with Gasteiger partial charge in [-0.1, -0.05) is 18.2 Å². The predicted molar refractivity (Wildman–Crippen MR) is 80.8 cm³/mol. The molecule has 1 aromatic carbocycles. The first-order valence-corrected chi connectivity index (χ1v) is 6.46. The van der Waals surface area contributed by atoms with Crippen molar-refractivity contribution in [3.63, 3.8) is 0 Å². The molecule has 2 aromatic rings. The molecule has 0 saturated heterocycles. The fourth-order valence-corrected chi connectivity index (χ4v) is 1.98. The van der Waals surface area contributed by atoms with Gasteiger partial charge in [-0.3, -0.25) is 0 Å². The molecule has 0 radical (unpaired) electrons. The van der Waals surface area contributed by atoms with Crippen LogP contribution < -0.4 is 15.8 Å². The monoisotopic (exact) mass is 287 g/mol. The number of benzene rings is 1. The molecule has 0 amide bonds. The fourth-order valence-electron chi connectivity index (χ4n) is 1.98. The zero-order valence-corrected chi connectivity index (χ0v) is 11.7. The number of hydrogen-bond acceptors (Lipinski definition) is 5. The van der Waals surface area contributed by atoms with Crippen LogP contribution >= 0.6 is 0 Å². The molecule has 0 aliphatic carbocycles. The Hall–Kier alpha value is -2.76. The number of nitrogens with zero attached hydrogens (tertiary/aromatic N) is 1. The molecule has 0 saturated carbocycles. The number of nitrogen functional groups attached to an aromatic ring is 1. The van der Waals surface area contributed by atoms with Crippen LogP contribution in [0.1, 0.15) is 15.9 Å². The van der Waals surface area contributed by atoms with E-state index in [-0.39, 0.29) is 11.3 Å². The Morgan fingerprint density at radius 3 is 2.90 bits per heavy atom. The van der Waals surface area contributed by atoms with Crippen molar-refractivity contribution in [3.8, 4) is 5.75 Å². The van der Waals surface area contributed by atoms with Gasteiger partial charge in [-0.2, -0.15) is 0 Å². The number of aromatic nitrogens is 1. The molecule has 0 spiro atoms. The summed E-state index contributed by atoms with van der Waals surface area (Å²) >= 11 is 0. The van der Waals surface area contributed by atoms with Gasteiger partial charge in [-0.05, 0) is 24.1 Å². The first-order valence-electron chi connectivity index (χ1n) is 6.46. The van der Waals surface area contributed by atoms with Gasteiger partial charge in [-0.15, -0.1) is 0 Å². The Morgan fingerprint density at radius 2 is 2.19 bits per heavy atom. The van der Waals surface area contributed by atoms with Crippen molar-refractivity contribution >= 4 is 17.5 Å². The lowest BCUT2D eigenvalue weighted by molar-refractivity contribution is 0.0698. The Bertz CT molecular complexity index is 644. The highest BCUT2D eigenvalue weighted by Gasteiger charge is 2.09. The second kappa shape index (κ2) is 6.60. The topological polar surface area (TPSA) is 97.5 Å². The third kappa shape index (κ3) is 3.62. The van der Waals surface area contributed by atoms with Crippen LogP contribution in [-0.2, 0) is 6.42 Å². The second-order valence-corrected chi connectivity index (χ2v) is 4.45. The highest BCUT2D eigenvalue weighted by molar-refractivity contribution is 5.94. The van der Waals surface area contributed by atoms with Gasteiger partial charge in [0, 0.05) is 6.54 Å². The maximum Gasteiger partial charge on any atom is 0.337 e. The number of ether oxygens (including phenoxy) is 1. The van der Waals surface area contributed by atoms with E-state index in [9.17, 15) is 4.79 Å². The first-order chi connectivity index (χ1) is 10.1. The zero-order valence-electron chi connectivity index (χ0n) is 11.7.